The lowest BCUT2D eigenvalue weighted by Crippen LogP contribution is -2.03. The first-order chi connectivity index (χ1) is 4.98. The molecule has 11 heavy (non-hydrogen) atoms. The van der Waals surface area contributed by atoms with E-state index in [1.54, 1.807) is 6.26 Å². The molecular weight excluding hydrogens is 187 g/mol. The van der Waals surface area contributed by atoms with Crippen molar-refractivity contribution in [2.75, 3.05) is 19.0 Å². The van der Waals surface area contributed by atoms with E-state index >= 15 is 0 Å². The lowest BCUT2D eigenvalue weighted by molar-refractivity contribution is -0.140. The molecule has 1 atom stereocenters. The number of rotatable bonds is 4. The van der Waals surface area contributed by atoms with Gasteiger partial charge in [-0.15, -0.1) is 0 Å². The van der Waals surface area contributed by atoms with Crippen molar-refractivity contribution in [3.63, 3.8) is 0 Å². The zero-order valence-electron chi connectivity index (χ0n) is 6.44. The summed E-state index contributed by atoms with van der Waals surface area (Å²) in [6, 6.07) is 0. The Balaban J connectivity index is 3.54. The number of carbonyl (C=O) groups is 1. The second-order valence-corrected chi connectivity index (χ2v) is 6.78. The van der Waals surface area contributed by atoms with Gasteiger partial charge in [0.1, 0.15) is 6.61 Å². The smallest absolute Gasteiger partial charge is 0.302 e. The Hall–Kier alpha value is 0.0100. The zero-order valence-corrected chi connectivity index (χ0v) is 8.15. The fourth-order valence-electron chi connectivity index (χ4n) is 0.396. The summed E-state index contributed by atoms with van der Waals surface area (Å²) in [4.78, 5) is 19.2. The normalized spacial score (nSPS) is 15.5. The van der Waals surface area contributed by atoms with E-state index < -0.39 is 12.5 Å². The van der Waals surface area contributed by atoms with Crippen LogP contribution in [0.15, 0.2) is 0 Å². The molecule has 0 saturated carbocycles. The van der Waals surface area contributed by atoms with E-state index in [9.17, 15) is 9.36 Å². The quantitative estimate of drug-likeness (QED) is 0.541. The van der Waals surface area contributed by atoms with Crippen molar-refractivity contribution in [3.05, 3.63) is 0 Å². The maximum absolute atomic E-state index is 10.9. The first-order valence-electron chi connectivity index (χ1n) is 2.99. The fourth-order valence-corrected chi connectivity index (χ4v) is 1.67. The third kappa shape index (κ3) is 6.41. The monoisotopic (exact) mass is 198 g/mol. The van der Waals surface area contributed by atoms with E-state index in [0.717, 1.165) is 11.4 Å². The van der Waals surface area contributed by atoms with Gasteiger partial charge in [-0.3, -0.25) is 9.36 Å². The van der Waals surface area contributed by atoms with E-state index in [2.05, 4.69) is 4.74 Å². The van der Waals surface area contributed by atoms with Crippen LogP contribution >= 0.6 is 18.0 Å². The average Bonchev–Trinajstić information content (AvgIpc) is 1.87. The van der Waals surface area contributed by atoms with E-state index in [-0.39, 0.29) is 12.8 Å². The number of carbonyl (C=O) groups excluding carboxylic acids is 1. The summed E-state index contributed by atoms with van der Waals surface area (Å²) in [5.74, 6) is -0.425. The Morgan fingerprint density at radius 2 is 2.27 bits per heavy atom. The number of hydrogen-bond donors (Lipinski definition) is 1. The predicted octanol–water partition coefficient (Wildman–Crippen LogP) is 1.10. The minimum Gasteiger partial charge on any atom is -0.465 e. The topological polar surface area (TPSA) is 63.6 Å². The maximum Gasteiger partial charge on any atom is 0.302 e. The molecule has 1 N–H and O–H groups in total. The van der Waals surface area contributed by atoms with Gasteiger partial charge in [-0.05, 0) is 6.26 Å². The van der Waals surface area contributed by atoms with Gasteiger partial charge in [-0.25, -0.2) is 0 Å². The number of hydrogen-bond acceptors (Lipinski definition) is 4. The molecule has 0 saturated heterocycles. The molecule has 0 aliphatic carbocycles. The molecule has 4 nitrogen and oxygen atoms in total. The van der Waals surface area contributed by atoms with Gasteiger partial charge in [-0.1, -0.05) is 11.4 Å². The molecule has 0 aliphatic heterocycles. The summed E-state index contributed by atoms with van der Waals surface area (Å²) >= 11 is 0.899. The fraction of sp³-hybridized carbons (Fsp3) is 0.800. The lowest BCUT2D eigenvalue weighted by Gasteiger charge is -2.06. The molecule has 66 valence electrons. The highest BCUT2D eigenvalue weighted by Crippen LogP contribution is 2.52. The van der Waals surface area contributed by atoms with Gasteiger partial charge in [0.2, 0.25) is 0 Å². The summed E-state index contributed by atoms with van der Waals surface area (Å²) in [5.41, 5.74) is 0. The third-order valence-electron chi connectivity index (χ3n) is 0.964. The lowest BCUT2D eigenvalue weighted by atomic mass is 10.8. The van der Waals surface area contributed by atoms with Crippen molar-refractivity contribution in [2.45, 2.75) is 6.92 Å². The van der Waals surface area contributed by atoms with Gasteiger partial charge in [0.15, 0.2) is 0 Å². The van der Waals surface area contributed by atoms with E-state index in [1.807, 2.05) is 0 Å². The van der Waals surface area contributed by atoms with Crippen molar-refractivity contribution in [3.8, 4) is 0 Å². The second kappa shape index (κ2) is 4.80. The molecule has 0 rings (SSSR count). The summed E-state index contributed by atoms with van der Waals surface area (Å²) in [6.45, 7) is -1.81. The predicted molar refractivity (Wildman–Crippen MR) is 44.8 cm³/mol. The van der Waals surface area contributed by atoms with Gasteiger partial charge >= 0.3 is 5.97 Å². The van der Waals surface area contributed by atoms with Crippen LogP contribution in [0.5, 0.6) is 0 Å². The zero-order chi connectivity index (χ0) is 8.91. The Morgan fingerprint density at radius 3 is 2.64 bits per heavy atom. The van der Waals surface area contributed by atoms with Crippen LogP contribution in [0.25, 0.3) is 0 Å². The Morgan fingerprint density at radius 1 is 1.73 bits per heavy atom. The Bertz CT molecular complexity index is 181. The van der Waals surface area contributed by atoms with Crippen molar-refractivity contribution < 1.29 is 19.0 Å². The minimum atomic E-state index is -3.09. The van der Waals surface area contributed by atoms with Crippen LogP contribution in [-0.2, 0) is 14.1 Å². The van der Waals surface area contributed by atoms with E-state index in [1.165, 1.54) is 6.92 Å². The molecule has 0 bridgehead atoms. The van der Waals surface area contributed by atoms with Crippen LogP contribution < -0.4 is 0 Å². The number of esters is 1. The molecule has 0 aromatic heterocycles. The molecule has 0 aliphatic rings. The van der Waals surface area contributed by atoms with Gasteiger partial charge in [0.05, 0.1) is 6.16 Å². The summed E-state index contributed by atoms with van der Waals surface area (Å²) in [5, 5.41) is 0. The van der Waals surface area contributed by atoms with Crippen LogP contribution in [0, 0.1) is 0 Å². The van der Waals surface area contributed by atoms with E-state index in [4.69, 9.17) is 4.89 Å². The first kappa shape index (κ1) is 11.0. The first-order valence-corrected chi connectivity index (χ1v) is 6.66. The third-order valence-corrected chi connectivity index (χ3v) is 4.54. The molecule has 0 amide bonds. The molecule has 6 heteroatoms. The molecule has 0 fully saturated rings. The van der Waals surface area contributed by atoms with Crippen molar-refractivity contribution in [1.82, 2.24) is 0 Å². The van der Waals surface area contributed by atoms with Gasteiger partial charge in [0, 0.05) is 6.92 Å². The van der Waals surface area contributed by atoms with Crippen molar-refractivity contribution in [1.29, 1.82) is 0 Å². The number of ether oxygens (including phenoxy) is 1. The average molecular weight is 198 g/mol. The molecular formula is C5H11O4PS. The van der Waals surface area contributed by atoms with Crippen LogP contribution in [0.3, 0.4) is 0 Å². The van der Waals surface area contributed by atoms with Crippen molar-refractivity contribution >= 4 is 23.9 Å². The summed E-state index contributed by atoms with van der Waals surface area (Å²) in [7, 11) is 0. The molecule has 0 aromatic rings. The highest BCUT2D eigenvalue weighted by atomic mass is 32.7. The second-order valence-electron chi connectivity index (χ2n) is 1.88. The van der Waals surface area contributed by atoms with E-state index in [0.29, 0.717) is 0 Å². The summed E-state index contributed by atoms with van der Waals surface area (Å²) in [6.07, 6.45) is 1.57. The summed E-state index contributed by atoms with van der Waals surface area (Å²) < 4.78 is 15.4. The maximum atomic E-state index is 10.9. The molecule has 0 heterocycles. The van der Waals surface area contributed by atoms with Crippen LogP contribution in [-0.4, -0.2) is 29.9 Å². The van der Waals surface area contributed by atoms with Gasteiger partial charge in [-0.2, -0.15) is 0 Å². The standard InChI is InChI=1S/C5H11O4PS/c1-5(6)9-3-4-10(7,8)11-2/h3-4H2,1-2H3,(H,7,8). The van der Waals surface area contributed by atoms with Gasteiger partial charge in [0.25, 0.3) is 6.57 Å². The minimum absolute atomic E-state index is 0.0178. The largest absolute Gasteiger partial charge is 0.465 e. The SMILES string of the molecule is CSP(=O)(O)CCOC(C)=O. The van der Waals surface area contributed by atoms with Crippen LogP contribution in [0.1, 0.15) is 6.92 Å². The molecule has 0 aromatic carbocycles. The Labute approximate surface area is 69.5 Å². The van der Waals surface area contributed by atoms with Crippen LogP contribution in [0.2, 0.25) is 0 Å². The highest BCUT2D eigenvalue weighted by Gasteiger charge is 2.15. The Kier molecular flexibility index (Phi) is 4.81. The molecule has 0 radical (unpaired) electrons. The van der Waals surface area contributed by atoms with Crippen LogP contribution in [0.4, 0.5) is 0 Å². The van der Waals surface area contributed by atoms with Gasteiger partial charge < -0.3 is 9.63 Å². The molecule has 1 unspecified atom stereocenters. The molecule has 0 spiro atoms. The highest BCUT2D eigenvalue weighted by molar-refractivity contribution is 8.56. The van der Waals surface area contributed by atoms with Crippen molar-refractivity contribution in [2.24, 2.45) is 0 Å².